The zero-order valence-electron chi connectivity index (χ0n) is 10.2. The fraction of sp³-hybridized carbons (Fsp3) is 1.00. The Morgan fingerprint density at radius 1 is 1.21 bits per heavy atom. The molecular formula is C12H26N2. The Hall–Kier alpha value is -0.0800. The van der Waals surface area contributed by atoms with Gasteiger partial charge < -0.3 is 10.2 Å². The lowest BCUT2D eigenvalue weighted by Crippen LogP contribution is -2.42. The molecule has 0 saturated heterocycles. The Morgan fingerprint density at radius 2 is 1.79 bits per heavy atom. The van der Waals surface area contributed by atoms with Crippen molar-refractivity contribution in [2.45, 2.75) is 64.6 Å². The number of nitrogens with zero attached hydrogens (tertiary/aromatic N) is 1. The van der Waals surface area contributed by atoms with Crippen molar-refractivity contribution in [3.8, 4) is 0 Å². The maximum Gasteiger partial charge on any atom is 0.00932 e. The molecule has 84 valence electrons. The van der Waals surface area contributed by atoms with E-state index >= 15 is 0 Å². The van der Waals surface area contributed by atoms with Crippen molar-refractivity contribution in [3.05, 3.63) is 0 Å². The van der Waals surface area contributed by atoms with E-state index in [0.717, 1.165) is 12.1 Å². The van der Waals surface area contributed by atoms with Gasteiger partial charge in [-0.25, -0.2) is 0 Å². The van der Waals surface area contributed by atoms with Gasteiger partial charge in [0.2, 0.25) is 0 Å². The predicted octanol–water partition coefficient (Wildman–Crippen LogP) is 2.25. The quantitative estimate of drug-likeness (QED) is 0.745. The molecule has 2 heteroatoms. The van der Waals surface area contributed by atoms with Crippen LogP contribution in [0.25, 0.3) is 0 Å². The van der Waals surface area contributed by atoms with E-state index < -0.39 is 0 Å². The van der Waals surface area contributed by atoms with Crippen LogP contribution in [0.5, 0.6) is 0 Å². The first kappa shape index (κ1) is 12.0. The first-order chi connectivity index (χ1) is 6.63. The van der Waals surface area contributed by atoms with Gasteiger partial charge in [0.05, 0.1) is 0 Å². The molecule has 1 rings (SSSR count). The summed E-state index contributed by atoms with van der Waals surface area (Å²) in [5.41, 5.74) is 0. The lowest BCUT2D eigenvalue weighted by Gasteiger charge is -2.35. The summed E-state index contributed by atoms with van der Waals surface area (Å²) >= 11 is 0. The van der Waals surface area contributed by atoms with Crippen molar-refractivity contribution >= 4 is 0 Å². The monoisotopic (exact) mass is 198 g/mol. The Kier molecular flexibility index (Phi) is 4.90. The van der Waals surface area contributed by atoms with Crippen LogP contribution in [0.3, 0.4) is 0 Å². The molecule has 0 atom stereocenters. The predicted molar refractivity (Wildman–Crippen MR) is 62.6 cm³/mol. The molecule has 14 heavy (non-hydrogen) atoms. The summed E-state index contributed by atoms with van der Waals surface area (Å²) in [7, 11) is 2.25. The number of nitrogens with one attached hydrogen (secondary N) is 1. The first-order valence-electron chi connectivity index (χ1n) is 6.09. The number of hydrogen-bond acceptors (Lipinski definition) is 2. The molecule has 1 saturated carbocycles. The number of rotatable bonds is 4. The average molecular weight is 198 g/mol. The molecule has 1 fully saturated rings. The Bertz CT molecular complexity index is 148. The summed E-state index contributed by atoms with van der Waals surface area (Å²) in [6.45, 7) is 7.92. The van der Waals surface area contributed by atoms with Gasteiger partial charge in [0.25, 0.3) is 0 Å². The highest BCUT2D eigenvalue weighted by Crippen LogP contribution is 2.22. The molecule has 0 aromatic heterocycles. The van der Waals surface area contributed by atoms with E-state index in [1.54, 1.807) is 0 Å². The zero-order chi connectivity index (χ0) is 10.6. The van der Waals surface area contributed by atoms with Crippen molar-refractivity contribution in [3.63, 3.8) is 0 Å². The van der Waals surface area contributed by atoms with Gasteiger partial charge in [0.15, 0.2) is 0 Å². The van der Waals surface area contributed by atoms with E-state index in [9.17, 15) is 0 Å². The normalized spacial score (nSPS) is 28.7. The van der Waals surface area contributed by atoms with Gasteiger partial charge in [-0.05, 0) is 39.3 Å². The van der Waals surface area contributed by atoms with E-state index in [1.165, 1.54) is 32.2 Å². The van der Waals surface area contributed by atoms with Crippen molar-refractivity contribution in [2.75, 3.05) is 13.6 Å². The van der Waals surface area contributed by atoms with Crippen molar-refractivity contribution in [1.29, 1.82) is 0 Å². The molecule has 1 aliphatic carbocycles. The molecule has 0 radical (unpaired) electrons. The molecule has 1 N–H and O–H groups in total. The second-order valence-electron chi connectivity index (χ2n) is 4.90. The molecular weight excluding hydrogens is 172 g/mol. The minimum Gasteiger partial charge on any atom is -0.312 e. The van der Waals surface area contributed by atoms with Crippen LogP contribution in [-0.4, -0.2) is 36.6 Å². The molecule has 2 nitrogen and oxygen atoms in total. The molecule has 1 aliphatic rings. The van der Waals surface area contributed by atoms with Crippen LogP contribution >= 0.6 is 0 Å². The molecule has 0 unspecified atom stereocenters. The van der Waals surface area contributed by atoms with E-state index in [2.05, 4.69) is 38.0 Å². The van der Waals surface area contributed by atoms with Crippen LogP contribution < -0.4 is 5.32 Å². The summed E-state index contributed by atoms with van der Waals surface area (Å²) in [5.74, 6) is 0. The highest BCUT2D eigenvalue weighted by Gasteiger charge is 2.23. The van der Waals surface area contributed by atoms with Crippen LogP contribution in [0.1, 0.15) is 46.5 Å². The largest absolute Gasteiger partial charge is 0.312 e. The smallest absolute Gasteiger partial charge is 0.00932 e. The van der Waals surface area contributed by atoms with E-state index in [1.807, 2.05) is 0 Å². The van der Waals surface area contributed by atoms with E-state index in [-0.39, 0.29) is 0 Å². The topological polar surface area (TPSA) is 15.3 Å². The highest BCUT2D eigenvalue weighted by atomic mass is 15.1. The molecule has 0 aromatic carbocycles. The minimum atomic E-state index is 0.639. The Morgan fingerprint density at radius 3 is 2.21 bits per heavy atom. The van der Waals surface area contributed by atoms with E-state index in [0.29, 0.717) is 6.04 Å². The van der Waals surface area contributed by atoms with Gasteiger partial charge in [-0.1, -0.05) is 20.8 Å². The van der Waals surface area contributed by atoms with Gasteiger partial charge in [-0.3, -0.25) is 0 Å². The third-order valence-electron chi connectivity index (χ3n) is 3.39. The summed E-state index contributed by atoms with van der Waals surface area (Å²) in [5, 5.41) is 3.64. The molecule has 0 bridgehead atoms. The fourth-order valence-electron chi connectivity index (χ4n) is 2.41. The van der Waals surface area contributed by atoms with Gasteiger partial charge >= 0.3 is 0 Å². The maximum atomic E-state index is 3.64. The van der Waals surface area contributed by atoms with Gasteiger partial charge in [-0.15, -0.1) is 0 Å². The minimum absolute atomic E-state index is 0.639. The van der Waals surface area contributed by atoms with Crippen LogP contribution in [0.15, 0.2) is 0 Å². The molecule has 0 heterocycles. The zero-order valence-corrected chi connectivity index (χ0v) is 10.2. The van der Waals surface area contributed by atoms with Gasteiger partial charge in [0, 0.05) is 18.1 Å². The SMILES string of the molecule is CCN(C)C1CCC(NC(C)C)CC1. The van der Waals surface area contributed by atoms with Crippen LogP contribution in [0.4, 0.5) is 0 Å². The fourth-order valence-corrected chi connectivity index (χ4v) is 2.41. The summed E-state index contributed by atoms with van der Waals surface area (Å²) in [6.07, 6.45) is 5.45. The van der Waals surface area contributed by atoms with E-state index in [4.69, 9.17) is 0 Å². The van der Waals surface area contributed by atoms with Crippen LogP contribution in [0.2, 0.25) is 0 Å². The second kappa shape index (κ2) is 5.72. The molecule has 0 aliphatic heterocycles. The Balaban J connectivity index is 2.24. The average Bonchev–Trinajstić information content (AvgIpc) is 2.17. The van der Waals surface area contributed by atoms with Crippen LogP contribution in [0, 0.1) is 0 Å². The third kappa shape index (κ3) is 3.58. The first-order valence-corrected chi connectivity index (χ1v) is 6.09. The van der Waals surface area contributed by atoms with Crippen molar-refractivity contribution < 1.29 is 0 Å². The Labute approximate surface area is 89.1 Å². The summed E-state index contributed by atoms with van der Waals surface area (Å²) in [4.78, 5) is 2.49. The van der Waals surface area contributed by atoms with Gasteiger partial charge in [0.1, 0.15) is 0 Å². The van der Waals surface area contributed by atoms with Gasteiger partial charge in [-0.2, -0.15) is 0 Å². The van der Waals surface area contributed by atoms with Crippen molar-refractivity contribution in [1.82, 2.24) is 10.2 Å². The third-order valence-corrected chi connectivity index (χ3v) is 3.39. The molecule has 0 spiro atoms. The summed E-state index contributed by atoms with van der Waals surface area (Å²) < 4.78 is 0. The van der Waals surface area contributed by atoms with Crippen molar-refractivity contribution in [2.24, 2.45) is 0 Å². The lowest BCUT2D eigenvalue weighted by molar-refractivity contribution is 0.178. The standard InChI is InChI=1S/C12H26N2/c1-5-14(4)12-8-6-11(7-9-12)13-10(2)3/h10-13H,5-9H2,1-4H3. The van der Waals surface area contributed by atoms with Crippen LogP contribution in [-0.2, 0) is 0 Å². The lowest BCUT2D eigenvalue weighted by atomic mass is 9.90. The second-order valence-corrected chi connectivity index (χ2v) is 4.90. The number of hydrogen-bond donors (Lipinski definition) is 1. The molecule has 0 amide bonds. The maximum absolute atomic E-state index is 3.64. The summed E-state index contributed by atoms with van der Waals surface area (Å²) in [6, 6.07) is 2.25. The highest BCUT2D eigenvalue weighted by molar-refractivity contribution is 4.82. The molecule has 0 aromatic rings.